The molecule has 0 fully saturated rings. The topological polar surface area (TPSA) is 49.4 Å². The predicted octanol–water partition coefficient (Wildman–Crippen LogP) is 4.80. The molecular formula is C26H26ClFN2O2. The van der Waals surface area contributed by atoms with Crippen molar-refractivity contribution in [3.05, 3.63) is 106 Å². The van der Waals surface area contributed by atoms with Crippen LogP contribution < -0.4 is 5.32 Å². The lowest BCUT2D eigenvalue weighted by atomic mass is 10.0. The van der Waals surface area contributed by atoms with Crippen molar-refractivity contribution in [2.24, 2.45) is 0 Å². The van der Waals surface area contributed by atoms with Crippen LogP contribution in [0.5, 0.6) is 0 Å². The summed E-state index contributed by atoms with van der Waals surface area (Å²) in [5, 5.41) is 3.03. The van der Waals surface area contributed by atoms with E-state index < -0.39 is 11.9 Å². The van der Waals surface area contributed by atoms with Gasteiger partial charge in [0.15, 0.2) is 0 Å². The van der Waals surface area contributed by atoms with Crippen molar-refractivity contribution in [2.75, 3.05) is 6.54 Å². The van der Waals surface area contributed by atoms with E-state index in [9.17, 15) is 14.0 Å². The number of carbonyl (C=O) groups excluding carboxylic acids is 2. The second-order valence-corrected chi connectivity index (χ2v) is 7.89. The van der Waals surface area contributed by atoms with Gasteiger partial charge in [-0.05, 0) is 30.2 Å². The molecule has 0 aliphatic carbocycles. The van der Waals surface area contributed by atoms with Crippen molar-refractivity contribution < 1.29 is 14.0 Å². The number of carbonyl (C=O) groups is 2. The SMILES string of the molecule is CCNC(=O)[C@@H](Cc1ccccc1)N(Cc1ccccc1)C(=O)Cc1c(F)cccc1Cl. The Morgan fingerprint density at radius 3 is 2.16 bits per heavy atom. The average molecular weight is 453 g/mol. The van der Waals surface area contributed by atoms with Gasteiger partial charge in [0.25, 0.3) is 0 Å². The smallest absolute Gasteiger partial charge is 0.243 e. The average Bonchev–Trinajstić information content (AvgIpc) is 2.80. The van der Waals surface area contributed by atoms with E-state index in [-0.39, 0.29) is 35.4 Å². The molecule has 6 heteroatoms. The Kier molecular flexibility index (Phi) is 8.40. The zero-order valence-corrected chi connectivity index (χ0v) is 18.7. The molecule has 0 aliphatic heterocycles. The number of halogens is 2. The largest absolute Gasteiger partial charge is 0.355 e. The minimum atomic E-state index is -0.754. The fourth-order valence-electron chi connectivity index (χ4n) is 3.58. The lowest BCUT2D eigenvalue weighted by molar-refractivity contribution is -0.140. The van der Waals surface area contributed by atoms with Gasteiger partial charge in [-0.2, -0.15) is 0 Å². The molecule has 1 N–H and O–H groups in total. The van der Waals surface area contributed by atoms with Crippen LogP contribution >= 0.6 is 11.6 Å². The number of rotatable bonds is 9. The van der Waals surface area contributed by atoms with E-state index >= 15 is 0 Å². The second kappa shape index (κ2) is 11.4. The molecule has 3 rings (SSSR count). The summed E-state index contributed by atoms with van der Waals surface area (Å²) in [6, 6.07) is 22.6. The second-order valence-electron chi connectivity index (χ2n) is 7.48. The third-order valence-electron chi connectivity index (χ3n) is 5.21. The fraction of sp³-hybridized carbons (Fsp3) is 0.231. The maximum absolute atomic E-state index is 14.4. The number of amides is 2. The van der Waals surface area contributed by atoms with E-state index in [1.165, 1.54) is 17.0 Å². The van der Waals surface area contributed by atoms with Gasteiger partial charge in [0.05, 0.1) is 6.42 Å². The third-order valence-corrected chi connectivity index (χ3v) is 5.56. The monoisotopic (exact) mass is 452 g/mol. The number of hydrogen-bond donors (Lipinski definition) is 1. The lowest BCUT2D eigenvalue weighted by Gasteiger charge is -2.31. The molecule has 0 unspecified atom stereocenters. The molecule has 1 atom stereocenters. The maximum Gasteiger partial charge on any atom is 0.243 e. The van der Waals surface area contributed by atoms with E-state index in [1.807, 2.05) is 67.6 Å². The van der Waals surface area contributed by atoms with Gasteiger partial charge in [0, 0.05) is 30.1 Å². The van der Waals surface area contributed by atoms with Crippen LogP contribution in [0.25, 0.3) is 0 Å². The van der Waals surface area contributed by atoms with Crippen LogP contribution in [0.4, 0.5) is 4.39 Å². The third kappa shape index (κ3) is 6.17. The number of nitrogens with zero attached hydrogens (tertiary/aromatic N) is 1. The molecule has 2 amide bonds. The Morgan fingerprint density at radius 1 is 0.938 bits per heavy atom. The molecule has 4 nitrogen and oxygen atoms in total. The number of likely N-dealkylation sites (N-methyl/N-ethyl adjacent to an activating group) is 1. The van der Waals surface area contributed by atoms with Gasteiger partial charge in [-0.3, -0.25) is 9.59 Å². The minimum absolute atomic E-state index is 0.131. The molecule has 0 radical (unpaired) electrons. The molecule has 0 saturated heterocycles. The first-order chi connectivity index (χ1) is 15.5. The lowest BCUT2D eigenvalue weighted by Crippen LogP contribution is -2.51. The quantitative estimate of drug-likeness (QED) is 0.507. The predicted molar refractivity (Wildman–Crippen MR) is 125 cm³/mol. The number of nitrogens with one attached hydrogen (secondary N) is 1. The highest BCUT2D eigenvalue weighted by Gasteiger charge is 2.30. The van der Waals surface area contributed by atoms with Crippen LogP contribution in [0.3, 0.4) is 0 Å². The standard InChI is InChI=1S/C26H26ClFN2O2/c1-2-29-26(32)24(16-19-10-5-3-6-11-19)30(18-20-12-7-4-8-13-20)25(31)17-21-22(27)14-9-15-23(21)28/h3-15,24H,2,16-18H2,1H3,(H,29,32)/t24-/m1/s1. The van der Waals surface area contributed by atoms with E-state index in [0.717, 1.165) is 11.1 Å². The Bertz CT molecular complexity index is 1020. The van der Waals surface area contributed by atoms with Crippen molar-refractivity contribution in [2.45, 2.75) is 32.4 Å². The van der Waals surface area contributed by atoms with Gasteiger partial charge in [0.2, 0.25) is 11.8 Å². The van der Waals surface area contributed by atoms with Gasteiger partial charge < -0.3 is 10.2 Å². The fourth-order valence-corrected chi connectivity index (χ4v) is 3.81. The summed E-state index contributed by atoms with van der Waals surface area (Å²) in [7, 11) is 0. The van der Waals surface area contributed by atoms with E-state index in [1.54, 1.807) is 6.07 Å². The zero-order valence-electron chi connectivity index (χ0n) is 17.9. The molecule has 0 saturated carbocycles. The summed E-state index contributed by atoms with van der Waals surface area (Å²) >= 11 is 6.17. The highest BCUT2D eigenvalue weighted by atomic mass is 35.5. The van der Waals surface area contributed by atoms with Crippen LogP contribution in [0.15, 0.2) is 78.9 Å². The van der Waals surface area contributed by atoms with E-state index in [4.69, 9.17) is 11.6 Å². The summed E-state index contributed by atoms with van der Waals surface area (Å²) in [6.45, 7) is 2.50. The number of benzene rings is 3. The van der Waals surface area contributed by atoms with Crippen LogP contribution in [-0.4, -0.2) is 29.3 Å². The summed E-state index contributed by atoms with van der Waals surface area (Å²) in [4.78, 5) is 28.1. The molecule has 3 aromatic carbocycles. The highest BCUT2D eigenvalue weighted by Crippen LogP contribution is 2.22. The van der Waals surface area contributed by atoms with Crippen molar-refractivity contribution in [3.63, 3.8) is 0 Å². The van der Waals surface area contributed by atoms with Gasteiger partial charge in [-0.25, -0.2) is 4.39 Å². The van der Waals surface area contributed by atoms with Crippen LogP contribution in [0.2, 0.25) is 5.02 Å². The van der Waals surface area contributed by atoms with Gasteiger partial charge in [-0.15, -0.1) is 0 Å². The van der Waals surface area contributed by atoms with Crippen LogP contribution in [0.1, 0.15) is 23.6 Å². The summed E-state index contributed by atoms with van der Waals surface area (Å²) in [5.74, 6) is -1.16. The van der Waals surface area contributed by atoms with E-state index in [2.05, 4.69) is 5.32 Å². The minimum Gasteiger partial charge on any atom is -0.355 e. The first-order valence-electron chi connectivity index (χ1n) is 10.6. The summed E-state index contributed by atoms with van der Waals surface area (Å²) in [6.07, 6.45) is 0.110. The molecule has 0 bridgehead atoms. The molecule has 0 aliphatic rings. The van der Waals surface area contributed by atoms with Crippen molar-refractivity contribution in [1.29, 1.82) is 0 Å². The number of hydrogen-bond acceptors (Lipinski definition) is 2. The molecule has 0 spiro atoms. The van der Waals surface area contributed by atoms with Crippen molar-refractivity contribution in [3.8, 4) is 0 Å². The molecule has 166 valence electrons. The Morgan fingerprint density at radius 2 is 1.56 bits per heavy atom. The maximum atomic E-state index is 14.4. The Balaban J connectivity index is 1.97. The first-order valence-corrected chi connectivity index (χ1v) is 10.9. The first kappa shape index (κ1) is 23.5. The molecular weight excluding hydrogens is 427 g/mol. The van der Waals surface area contributed by atoms with Crippen molar-refractivity contribution >= 4 is 23.4 Å². The van der Waals surface area contributed by atoms with Crippen LogP contribution in [-0.2, 0) is 29.0 Å². The van der Waals surface area contributed by atoms with Gasteiger partial charge in [-0.1, -0.05) is 78.3 Å². The van der Waals surface area contributed by atoms with E-state index in [0.29, 0.717) is 13.0 Å². The highest BCUT2D eigenvalue weighted by molar-refractivity contribution is 6.31. The van der Waals surface area contributed by atoms with Crippen LogP contribution in [0, 0.1) is 5.82 Å². The Labute approximate surface area is 193 Å². The summed E-state index contributed by atoms with van der Waals surface area (Å²) in [5.41, 5.74) is 1.94. The Hall–Kier alpha value is -3.18. The van der Waals surface area contributed by atoms with Gasteiger partial charge in [0.1, 0.15) is 11.9 Å². The van der Waals surface area contributed by atoms with Crippen molar-refractivity contribution in [1.82, 2.24) is 10.2 Å². The molecule has 0 heterocycles. The molecule has 3 aromatic rings. The molecule has 0 aromatic heterocycles. The van der Waals surface area contributed by atoms with Gasteiger partial charge >= 0.3 is 0 Å². The summed E-state index contributed by atoms with van der Waals surface area (Å²) < 4.78 is 14.4. The zero-order chi connectivity index (χ0) is 22.9. The normalized spacial score (nSPS) is 11.6. The molecule has 32 heavy (non-hydrogen) atoms.